The van der Waals surface area contributed by atoms with Crippen molar-refractivity contribution < 1.29 is 31.6 Å². The Morgan fingerprint density at radius 2 is 1.86 bits per heavy atom. The van der Waals surface area contributed by atoms with E-state index in [0.29, 0.717) is 36.8 Å². The summed E-state index contributed by atoms with van der Waals surface area (Å²) in [4.78, 5) is 24.1. The van der Waals surface area contributed by atoms with Crippen molar-refractivity contribution >= 4 is 11.8 Å². The Bertz CT molecular complexity index is 1040. The number of rotatable bonds is 7. The summed E-state index contributed by atoms with van der Waals surface area (Å²) in [7, 11) is -0.199. The largest absolute Gasteiger partial charge is 0.493 e. The second-order valence-electron chi connectivity index (χ2n) is 7.57. The predicted octanol–water partition coefficient (Wildman–Crippen LogP) is 4.13. The lowest BCUT2D eigenvalue weighted by atomic mass is 9.95. The molecule has 1 saturated carbocycles. The number of ether oxygens (including phenoxy) is 3. The van der Waals surface area contributed by atoms with Crippen LogP contribution in [0.25, 0.3) is 11.1 Å². The lowest BCUT2D eigenvalue weighted by Crippen LogP contribution is -2.32. The topological polar surface area (TPSA) is 82.1 Å². The van der Waals surface area contributed by atoms with Gasteiger partial charge in [0.15, 0.2) is 17.3 Å². The fourth-order valence-corrected chi connectivity index (χ4v) is 4.11. The Balaban J connectivity index is 1.88. The quantitative estimate of drug-likeness (QED) is 0.755. The molecule has 29 heavy (non-hydrogen) atoms. The van der Waals surface area contributed by atoms with Crippen molar-refractivity contribution in [2.45, 2.75) is 38.7 Å². The van der Waals surface area contributed by atoms with Crippen LogP contribution in [-0.2, 0) is 11.2 Å². The molecule has 0 amide bonds. The van der Waals surface area contributed by atoms with Crippen molar-refractivity contribution in [2.24, 2.45) is 5.41 Å². The highest BCUT2D eigenvalue weighted by Crippen LogP contribution is 2.53. The van der Waals surface area contributed by atoms with Crippen LogP contribution >= 0.6 is 0 Å². The van der Waals surface area contributed by atoms with Gasteiger partial charge in [0.05, 0.1) is 16.9 Å². The summed E-state index contributed by atoms with van der Waals surface area (Å²) >= 11 is 0. The monoisotopic (exact) mass is 398 g/mol. The number of methoxy groups -OCH3 is 2. The van der Waals surface area contributed by atoms with E-state index in [-0.39, 0.29) is 23.0 Å². The van der Waals surface area contributed by atoms with Crippen molar-refractivity contribution in [3.05, 3.63) is 41.5 Å². The van der Waals surface area contributed by atoms with Crippen molar-refractivity contribution in [1.82, 2.24) is 0 Å². The molecule has 0 spiro atoms. The van der Waals surface area contributed by atoms with E-state index in [1.54, 1.807) is 31.2 Å². The Kier molecular flexibility index (Phi) is 4.14. The van der Waals surface area contributed by atoms with E-state index in [1.165, 1.54) is 7.11 Å². The van der Waals surface area contributed by atoms with Crippen molar-refractivity contribution in [1.29, 1.82) is 0 Å². The van der Waals surface area contributed by atoms with Crippen molar-refractivity contribution in [2.75, 3.05) is 14.2 Å². The van der Waals surface area contributed by atoms with Crippen LogP contribution in [-0.4, -0.2) is 37.1 Å². The molecule has 0 bridgehead atoms. The maximum absolute atomic E-state index is 12.2. The smallest absolute Gasteiger partial charge is 0.313 e. The molecule has 6 heteroatoms. The average Bonchev–Trinajstić information content (AvgIpc) is 3.47. The molecule has 2 aromatic rings. The average molecular weight is 398 g/mol. The number of aliphatic carboxylic acids is 1. The lowest BCUT2D eigenvalue weighted by molar-refractivity contribution is -0.146. The zero-order chi connectivity index (χ0) is 22.3. The van der Waals surface area contributed by atoms with Gasteiger partial charge < -0.3 is 19.3 Å². The minimum atomic E-state index is -1.64. The van der Waals surface area contributed by atoms with Gasteiger partial charge in [0.2, 0.25) is 5.75 Å². The van der Waals surface area contributed by atoms with Crippen LogP contribution in [0.15, 0.2) is 30.3 Å². The molecule has 0 radical (unpaired) electrons. The fourth-order valence-electron chi connectivity index (χ4n) is 4.11. The summed E-state index contributed by atoms with van der Waals surface area (Å²) < 4.78 is 32.2. The molecule has 152 valence electrons. The van der Waals surface area contributed by atoms with E-state index in [1.807, 2.05) is 6.07 Å². The first-order valence-electron chi connectivity index (χ1n) is 10.7. The van der Waals surface area contributed by atoms with Crippen LogP contribution in [0.5, 0.6) is 17.2 Å². The molecule has 1 N–H and O–H groups in total. The van der Waals surface area contributed by atoms with E-state index in [2.05, 4.69) is 0 Å². The number of carboxylic acid groups (broad SMARTS) is 1. The second kappa shape index (κ2) is 7.10. The van der Waals surface area contributed by atoms with Gasteiger partial charge in [-0.15, -0.1) is 0 Å². The molecule has 1 unspecified atom stereocenters. The number of carbonyl (C=O) groups is 2. The summed E-state index contributed by atoms with van der Waals surface area (Å²) in [6, 6.07) is 8.90. The number of hydrogen-bond acceptors (Lipinski definition) is 5. The highest BCUT2D eigenvalue weighted by Gasteiger charge is 2.56. The van der Waals surface area contributed by atoms with Gasteiger partial charge in [-0.3, -0.25) is 9.59 Å². The summed E-state index contributed by atoms with van der Waals surface area (Å²) in [6.45, 7) is 1.70. The minimum absolute atomic E-state index is 0.0740. The summed E-state index contributed by atoms with van der Waals surface area (Å²) in [5.74, 6) is -0.268. The van der Waals surface area contributed by atoms with Crippen LogP contribution in [0.2, 0.25) is 0 Å². The Labute approximate surface area is 172 Å². The van der Waals surface area contributed by atoms with Gasteiger partial charge in [0, 0.05) is 17.5 Å². The maximum Gasteiger partial charge on any atom is 0.313 e. The molecule has 0 aromatic heterocycles. The number of ketones is 1. The number of benzene rings is 2. The third kappa shape index (κ3) is 3.03. The van der Waals surface area contributed by atoms with Crippen LogP contribution in [0.4, 0.5) is 0 Å². The van der Waals surface area contributed by atoms with E-state index in [9.17, 15) is 14.7 Å². The number of fused-ring (bicyclic) bond motifs is 1. The van der Waals surface area contributed by atoms with Gasteiger partial charge >= 0.3 is 5.97 Å². The predicted molar refractivity (Wildman–Crippen MR) is 107 cm³/mol. The first-order valence-corrected chi connectivity index (χ1v) is 9.56. The first kappa shape index (κ1) is 16.9. The number of hydrogen-bond donors (Lipinski definition) is 1. The Morgan fingerprint density at radius 1 is 1.10 bits per heavy atom. The summed E-state index contributed by atoms with van der Waals surface area (Å²) in [5, 5.41) is 9.68. The number of carbonyl (C=O) groups excluding carboxylic acids is 1. The van der Waals surface area contributed by atoms with Gasteiger partial charge in [-0.2, -0.15) is 0 Å². The summed E-state index contributed by atoms with van der Waals surface area (Å²) in [5.41, 5.74) is 1.97. The highest BCUT2D eigenvalue weighted by molar-refractivity contribution is 6.02. The third-order valence-corrected chi connectivity index (χ3v) is 6.07. The van der Waals surface area contributed by atoms with Crippen molar-refractivity contribution in [3.63, 3.8) is 0 Å². The molecule has 0 saturated heterocycles. The number of Topliss-reactive ketones (excluding diaryl/α,β-unsaturated/α-hetero) is 1. The second-order valence-corrected chi connectivity index (χ2v) is 7.57. The van der Waals surface area contributed by atoms with Crippen LogP contribution in [0.1, 0.15) is 44.8 Å². The molecular weight excluding hydrogens is 372 g/mol. The van der Waals surface area contributed by atoms with Gasteiger partial charge in [0.25, 0.3) is 0 Å². The van der Waals surface area contributed by atoms with Gasteiger partial charge in [-0.1, -0.05) is 18.2 Å². The zero-order valence-electron chi connectivity index (χ0n) is 18.4. The molecule has 0 aliphatic heterocycles. The number of carboxylic acids is 1. The molecular formula is C23H24O6. The molecule has 6 nitrogen and oxygen atoms in total. The lowest BCUT2D eigenvalue weighted by Gasteiger charge is -2.25. The molecule has 2 aromatic carbocycles. The van der Waals surface area contributed by atoms with Crippen molar-refractivity contribution in [3.8, 4) is 28.4 Å². The third-order valence-electron chi connectivity index (χ3n) is 6.07. The van der Waals surface area contributed by atoms with Gasteiger partial charge in [-0.25, -0.2) is 0 Å². The minimum Gasteiger partial charge on any atom is -0.493 e. The molecule has 4 rings (SSSR count). The molecule has 1 fully saturated rings. The standard InChI is InChI=1S/C23H24O6/c1-13(23(11-12-23)22(25)26)29-20-17(8-10-19(27-2)21(20)28-3)14-5-4-6-16-15(14)7-9-18(16)24/h4-6,8,10,13H,7,9,11-12H2,1-3H3,(H,25,26)/i3D2. The molecule has 1 atom stereocenters. The fraction of sp³-hybridized carbons (Fsp3) is 0.391. The molecule has 2 aliphatic rings. The SMILES string of the molecule is [2H]C([2H])Oc1c(OC)ccc(-c2cccc3c2CCC3=O)c1OC(C)C1(C(=O)O)CC1. The van der Waals surface area contributed by atoms with Gasteiger partial charge in [-0.05, 0) is 49.4 Å². The molecule has 0 heterocycles. The van der Waals surface area contributed by atoms with Crippen LogP contribution < -0.4 is 14.2 Å². The zero-order valence-corrected chi connectivity index (χ0v) is 16.4. The first-order chi connectivity index (χ1) is 14.8. The van der Waals surface area contributed by atoms with E-state index in [0.717, 1.165) is 11.1 Å². The molecule has 2 aliphatic carbocycles. The van der Waals surface area contributed by atoms with E-state index >= 15 is 0 Å². The van der Waals surface area contributed by atoms with Crippen LogP contribution in [0, 0.1) is 5.41 Å². The Hall–Kier alpha value is -3.02. The highest BCUT2D eigenvalue weighted by atomic mass is 16.5. The van der Waals surface area contributed by atoms with E-state index in [4.69, 9.17) is 17.0 Å². The van der Waals surface area contributed by atoms with Crippen LogP contribution in [0.3, 0.4) is 0 Å². The van der Waals surface area contributed by atoms with Gasteiger partial charge in [0.1, 0.15) is 11.5 Å². The Morgan fingerprint density at radius 3 is 2.52 bits per heavy atom. The maximum atomic E-state index is 12.2. The normalized spacial score (nSPS) is 18.5. The summed E-state index contributed by atoms with van der Waals surface area (Å²) in [6.07, 6.45) is 1.37. The van der Waals surface area contributed by atoms with E-state index < -0.39 is 24.6 Å².